The fourth-order valence-electron chi connectivity index (χ4n) is 0.939. The summed E-state index contributed by atoms with van der Waals surface area (Å²) in [4.78, 5) is 0. The summed E-state index contributed by atoms with van der Waals surface area (Å²) in [5.41, 5.74) is 0. The van der Waals surface area contributed by atoms with Gasteiger partial charge in [-0.15, -0.1) is 0 Å². The molecule has 4 heteroatoms. The van der Waals surface area contributed by atoms with Gasteiger partial charge in [0.25, 0.3) is 0 Å². The Bertz CT molecular complexity index is 237. The van der Waals surface area contributed by atoms with E-state index in [-0.39, 0.29) is 19.8 Å². The minimum Gasteiger partial charge on any atom is -0.463 e. The number of aliphatic hydroxyl groups excluding tert-OH is 2. The van der Waals surface area contributed by atoms with Crippen LogP contribution >= 0.6 is 0 Å². The van der Waals surface area contributed by atoms with E-state index < -0.39 is 6.29 Å². The van der Waals surface area contributed by atoms with Crippen LogP contribution in [0, 0.1) is 0 Å². The van der Waals surface area contributed by atoms with Crippen LogP contribution in [0.2, 0.25) is 0 Å². The van der Waals surface area contributed by atoms with Gasteiger partial charge in [-0.25, -0.2) is 0 Å². The number of hydrogen-bond acceptors (Lipinski definition) is 4. The van der Waals surface area contributed by atoms with Crippen molar-refractivity contribution in [3.8, 4) is 5.75 Å². The van der Waals surface area contributed by atoms with Crippen molar-refractivity contribution in [1.29, 1.82) is 0 Å². The van der Waals surface area contributed by atoms with E-state index in [0.29, 0.717) is 5.75 Å². The molecule has 0 saturated heterocycles. The molecule has 0 spiro atoms. The fourth-order valence-corrected chi connectivity index (χ4v) is 0.939. The lowest BCUT2D eigenvalue weighted by atomic mass is 10.3. The van der Waals surface area contributed by atoms with Gasteiger partial charge in [0.2, 0.25) is 6.29 Å². The Kier molecular flexibility index (Phi) is 4.99. The number of rotatable bonds is 6. The molecule has 1 unspecified atom stereocenters. The first-order valence-electron chi connectivity index (χ1n) is 4.41. The number of aliphatic hydroxyl groups is 2. The summed E-state index contributed by atoms with van der Waals surface area (Å²) in [6, 6.07) is 8.99. The molecule has 78 valence electrons. The predicted octanol–water partition coefficient (Wildman–Crippen LogP) is 0.393. The maximum atomic E-state index is 9.30. The van der Waals surface area contributed by atoms with Crippen molar-refractivity contribution >= 4 is 0 Å². The Morgan fingerprint density at radius 2 is 1.93 bits per heavy atom. The van der Waals surface area contributed by atoms with Crippen LogP contribution in [-0.2, 0) is 4.74 Å². The van der Waals surface area contributed by atoms with Gasteiger partial charge in [0, 0.05) is 0 Å². The number of benzene rings is 1. The molecule has 0 aliphatic carbocycles. The van der Waals surface area contributed by atoms with Gasteiger partial charge in [-0.3, -0.25) is 0 Å². The van der Waals surface area contributed by atoms with Crippen molar-refractivity contribution in [3.05, 3.63) is 30.3 Å². The third kappa shape index (κ3) is 4.23. The minimum atomic E-state index is -0.996. The molecular weight excluding hydrogens is 184 g/mol. The second-order valence-electron chi connectivity index (χ2n) is 2.68. The van der Waals surface area contributed by atoms with E-state index in [2.05, 4.69) is 0 Å². The lowest BCUT2D eigenvalue weighted by Gasteiger charge is -2.12. The quantitative estimate of drug-likeness (QED) is 0.513. The summed E-state index contributed by atoms with van der Waals surface area (Å²) in [6.07, 6.45) is -0.996. The smallest absolute Gasteiger partial charge is 0.221 e. The van der Waals surface area contributed by atoms with Crippen LogP contribution < -0.4 is 4.74 Å². The molecule has 0 fully saturated rings. The number of hydrogen-bond donors (Lipinski definition) is 2. The van der Waals surface area contributed by atoms with E-state index >= 15 is 0 Å². The van der Waals surface area contributed by atoms with Gasteiger partial charge in [0.05, 0.1) is 13.2 Å². The molecule has 0 aliphatic heterocycles. The molecule has 14 heavy (non-hydrogen) atoms. The Morgan fingerprint density at radius 1 is 1.21 bits per heavy atom. The Balaban J connectivity index is 2.23. The molecule has 0 bridgehead atoms. The Morgan fingerprint density at radius 3 is 2.57 bits per heavy atom. The Labute approximate surface area is 82.7 Å². The summed E-state index contributed by atoms with van der Waals surface area (Å²) >= 11 is 0. The van der Waals surface area contributed by atoms with Gasteiger partial charge in [-0.1, -0.05) is 18.2 Å². The van der Waals surface area contributed by atoms with Crippen molar-refractivity contribution < 1.29 is 19.7 Å². The van der Waals surface area contributed by atoms with E-state index in [1.54, 1.807) is 12.1 Å². The van der Waals surface area contributed by atoms with Gasteiger partial charge >= 0.3 is 0 Å². The Hall–Kier alpha value is -1.10. The van der Waals surface area contributed by atoms with Crippen LogP contribution in [0.5, 0.6) is 5.75 Å². The van der Waals surface area contributed by atoms with Crippen molar-refractivity contribution in [2.75, 3.05) is 19.8 Å². The average molecular weight is 198 g/mol. The molecule has 0 aromatic heterocycles. The molecule has 0 saturated carbocycles. The molecule has 4 nitrogen and oxygen atoms in total. The summed E-state index contributed by atoms with van der Waals surface area (Å²) < 4.78 is 10.0. The first-order valence-corrected chi connectivity index (χ1v) is 4.41. The molecular formula is C10H14O4. The van der Waals surface area contributed by atoms with E-state index in [0.717, 1.165) is 0 Å². The van der Waals surface area contributed by atoms with Gasteiger partial charge in [-0.05, 0) is 12.1 Å². The van der Waals surface area contributed by atoms with Gasteiger partial charge in [0.15, 0.2) is 0 Å². The highest BCUT2D eigenvalue weighted by Crippen LogP contribution is 2.09. The SMILES string of the molecule is OCCOCC(O)Oc1ccccc1. The molecule has 0 heterocycles. The van der Waals surface area contributed by atoms with Crippen LogP contribution in [0.25, 0.3) is 0 Å². The average Bonchev–Trinajstić information content (AvgIpc) is 2.20. The summed E-state index contributed by atoms with van der Waals surface area (Å²) in [5, 5.41) is 17.7. The normalized spacial score (nSPS) is 12.4. The van der Waals surface area contributed by atoms with Crippen molar-refractivity contribution in [3.63, 3.8) is 0 Å². The summed E-state index contributed by atoms with van der Waals surface area (Å²) in [5.74, 6) is 0.590. The summed E-state index contributed by atoms with van der Waals surface area (Å²) in [7, 11) is 0. The topological polar surface area (TPSA) is 58.9 Å². The first kappa shape index (κ1) is 11.0. The van der Waals surface area contributed by atoms with Crippen LogP contribution in [0.4, 0.5) is 0 Å². The second-order valence-corrected chi connectivity index (χ2v) is 2.68. The maximum absolute atomic E-state index is 9.30. The van der Waals surface area contributed by atoms with Crippen molar-refractivity contribution in [2.45, 2.75) is 6.29 Å². The zero-order valence-corrected chi connectivity index (χ0v) is 7.80. The first-order chi connectivity index (χ1) is 6.83. The highest BCUT2D eigenvalue weighted by atomic mass is 16.6. The number of ether oxygens (including phenoxy) is 2. The zero-order valence-electron chi connectivity index (χ0n) is 7.80. The monoisotopic (exact) mass is 198 g/mol. The van der Waals surface area contributed by atoms with E-state index in [1.807, 2.05) is 18.2 Å². The molecule has 1 aromatic rings. The van der Waals surface area contributed by atoms with Gasteiger partial charge in [0.1, 0.15) is 12.4 Å². The maximum Gasteiger partial charge on any atom is 0.221 e. The van der Waals surface area contributed by atoms with Crippen LogP contribution in [-0.4, -0.2) is 36.3 Å². The molecule has 0 radical (unpaired) electrons. The van der Waals surface area contributed by atoms with E-state index in [4.69, 9.17) is 14.6 Å². The molecule has 1 atom stereocenters. The molecule has 0 amide bonds. The minimum absolute atomic E-state index is 0.0510. The third-order valence-corrected chi connectivity index (χ3v) is 1.51. The standard InChI is InChI=1S/C10H14O4/c11-6-7-13-8-10(12)14-9-4-2-1-3-5-9/h1-5,10-12H,6-8H2. The second kappa shape index (κ2) is 6.37. The van der Waals surface area contributed by atoms with Crippen LogP contribution in [0.3, 0.4) is 0 Å². The number of para-hydroxylation sites is 1. The zero-order chi connectivity index (χ0) is 10.2. The molecule has 1 rings (SSSR count). The predicted molar refractivity (Wildman–Crippen MR) is 51.0 cm³/mol. The van der Waals surface area contributed by atoms with E-state index in [1.165, 1.54) is 0 Å². The lowest BCUT2D eigenvalue weighted by Crippen LogP contribution is -2.23. The summed E-state index contributed by atoms with van der Waals surface area (Å²) in [6.45, 7) is 0.197. The van der Waals surface area contributed by atoms with Crippen LogP contribution in [0.1, 0.15) is 0 Å². The largest absolute Gasteiger partial charge is 0.463 e. The molecule has 0 aliphatic rings. The highest BCUT2D eigenvalue weighted by molar-refractivity contribution is 5.20. The van der Waals surface area contributed by atoms with Crippen LogP contribution in [0.15, 0.2) is 30.3 Å². The van der Waals surface area contributed by atoms with Crippen molar-refractivity contribution in [2.24, 2.45) is 0 Å². The van der Waals surface area contributed by atoms with Gasteiger partial charge in [-0.2, -0.15) is 0 Å². The van der Waals surface area contributed by atoms with Crippen molar-refractivity contribution in [1.82, 2.24) is 0 Å². The molecule has 1 aromatic carbocycles. The van der Waals surface area contributed by atoms with Gasteiger partial charge < -0.3 is 19.7 Å². The fraction of sp³-hybridized carbons (Fsp3) is 0.400. The third-order valence-electron chi connectivity index (χ3n) is 1.51. The lowest BCUT2D eigenvalue weighted by molar-refractivity contribution is -0.0809. The van der Waals surface area contributed by atoms with E-state index in [9.17, 15) is 5.11 Å². The highest BCUT2D eigenvalue weighted by Gasteiger charge is 2.04. The molecule has 2 N–H and O–H groups in total.